The average Bonchev–Trinajstić information content (AvgIpc) is 2.83. The minimum atomic E-state index is 0.158. The Balaban J connectivity index is 1.65. The lowest BCUT2D eigenvalue weighted by atomic mass is 9.87. The fourth-order valence-electron chi connectivity index (χ4n) is 3.23. The van der Waals surface area contributed by atoms with Gasteiger partial charge in [0.1, 0.15) is 0 Å². The van der Waals surface area contributed by atoms with Gasteiger partial charge in [0.15, 0.2) is 5.82 Å². The fraction of sp³-hybridized carbons (Fsp3) is 0.550. The first-order valence-electron chi connectivity index (χ1n) is 9.34. The molecule has 0 amide bonds. The van der Waals surface area contributed by atoms with Crippen LogP contribution in [-0.2, 0) is 5.41 Å². The summed E-state index contributed by atoms with van der Waals surface area (Å²) in [7, 11) is 0. The first-order valence-corrected chi connectivity index (χ1v) is 9.34. The zero-order chi connectivity index (χ0) is 17.7. The molecule has 1 aliphatic carbocycles. The molecule has 2 aromatic rings. The molecule has 0 radical (unpaired) electrons. The Labute approximate surface area is 150 Å². The van der Waals surface area contributed by atoms with Gasteiger partial charge in [-0.1, -0.05) is 58.6 Å². The molecule has 1 saturated carbocycles. The van der Waals surface area contributed by atoms with Crippen LogP contribution in [0.4, 0.5) is 17.5 Å². The Hall–Kier alpha value is -2.17. The zero-order valence-electron chi connectivity index (χ0n) is 15.5. The van der Waals surface area contributed by atoms with Crippen molar-refractivity contribution >= 4 is 17.5 Å². The van der Waals surface area contributed by atoms with E-state index in [1.807, 2.05) is 0 Å². The van der Waals surface area contributed by atoms with Crippen LogP contribution in [0.3, 0.4) is 0 Å². The Morgan fingerprint density at radius 2 is 1.64 bits per heavy atom. The maximum Gasteiger partial charge on any atom is 0.244 e. The molecule has 1 aromatic heterocycles. The van der Waals surface area contributed by atoms with Gasteiger partial charge in [-0.2, -0.15) is 10.1 Å². The third-order valence-electron chi connectivity index (χ3n) is 4.77. The highest BCUT2D eigenvalue weighted by Crippen LogP contribution is 2.25. The first kappa shape index (κ1) is 17.6. The van der Waals surface area contributed by atoms with Gasteiger partial charge in [0.05, 0.1) is 6.20 Å². The van der Waals surface area contributed by atoms with Crippen LogP contribution in [0.1, 0.15) is 64.9 Å². The predicted molar refractivity (Wildman–Crippen MR) is 103 cm³/mol. The molecule has 0 atom stereocenters. The van der Waals surface area contributed by atoms with E-state index in [0.29, 0.717) is 12.0 Å². The van der Waals surface area contributed by atoms with Gasteiger partial charge in [-0.15, -0.1) is 5.10 Å². The van der Waals surface area contributed by atoms with Gasteiger partial charge in [0.2, 0.25) is 5.95 Å². The molecule has 5 heteroatoms. The minimum absolute atomic E-state index is 0.158. The van der Waals surface area contributed by atoms with E-state index in [4.69, 9.17) is 0 Å². The standard InChI is InChI=1S/C20H29N5/c1-20(2,3)15-10-12-17(13-11-15)22-18-14-21-25-19(24-18)23-16-8-6-4-5-7-9-16/h10-14,16H,4-9H2,1-3H3,(H2,22,23,24,25). The number of rotatable bonds is 4. The zero-order valence-corrected chi connectivity index (χ0v) is 15.5. The highest BCUT2D eigenvalue weighted by Gasteiger charge is 2.14. The number of nitrogens with zero attached hydrogens (tertiary/aromatic N) is 3. The van der Waals surface area contributed by atoms with Gasteiger partial charge >= 0.3 is 0 Å². The van der Waals surface area contributed by atoms with Gasteiger partial charge in [0.25, 0.3) is 0 Å². The third kappa shape index (κ3) is 5.15. The van der Waals surface area contributed by atoms with Crippen LogP contribution in [0.5, 0.6) is 0 Å². The van der Waals surface area contributed by atoms with Crippen molar-refractivity contribution in [1.29, 1.82) is 0 Å². The lowest BCUT2D eigenvalue weighted by molar-refractivity contribution is 0.590. The van der Waals surface area contributed by atoms with E-state index in [1.54, 1.807) is 6.20 Å². The lowest BCUT2D eigenvalue weighted by Gasteiger charge is -2.19. The number of hydrogen-bond donors (Lipinski definition) is 2. The molecular formula is C20H29N5. The van der Waals surface area contributed by atoms with Crippen molar-refractivity contribution in [3.63, 3.8) is 0 Å². The van der Waals surface area contributed by atoms with Gasteiger partial charge in [-0.25, -0.2) is 0 Å². The molecule has 0 spiro atoms. The van der Waals surface area contributed by atoms with Crippen LogP contribution in [0, 0.1) is 0 Å². The van der Waals surface area contributed by atoms with E-state index in [9.17, 15) is 0 Å². The number of hydrogen-bond acceptors (Lipinski definition) is 5. The number of nitrogens with one attached hydrogen (secondary N) is 2. The summed E-state index contributed by atoms with van der Waals surface area (Å²) in [6, 6.07) is 8.94. The van der Waals surface area contributed by atoms with Gasteiger partial charge in [-0.3, -0.25) is 0 Å². The van der Waals surface area contributed by atoms with E-state index in [2.05, 4.69) is 70.9 Å². The summed E-state index contributed by atoms with van der Waals surface area (Å²) in [5.74, 6) is 1.33. The van der Waals surface area contributed by atoms with Crippen molar-refractivity contribution in [2.24, 2.45) is 0 Å². The van der Waals surface area contributed by atoms with Crippen molar-refractivity contribution in [3.8, 4) is 0 Å². The molecule has 1 fully saturated rings. The summed E-state index contributed by atoms with van der Waals surface area (Å²) >= 11 is 0. The monoisotopic (exact) mass is 339 g/mol. The quantitative estimate of drug-likeness (QED) is 0.763. The molecule has 0 saturated heterocycles. The fourth-order valence-corrected chi connectivity index (χ4v) is 3.23. The van der Waals surface area contributed by atoms with Gasteiger partial charge < -0.3 is 10.6 Å². The van der Waals surface area contributed by atoms with Crippen LogP contribution in [0.15, 0.2) is 30.5 Å². The maximum absolute atomic E-state index is 4.57. The SMILES string of the molecule is CC(C)(C)c1ccc(Nc2cnnc(NC3CCCCCC3)n2)cc1. The minimum Gasteiger partial charge on any atom is -0.350 e. The Morgan fingerprint density at radius 1 is 0.960 bits per heavy atom. The number of aromatic nitrogens is 3. The van der Waals surface area contributed by atoms with Gasteiger partial charge in [-0.05, 0) is 36.0 Å². The second-order valence-corrected chi connectivity index (χ2v) is 7.95. The molecule has 134 valence electrons. The molecule has 25 heavy (non-hydrogen) atoms. The topological polar surface area (TPSA) is 62.7 Å². The molecule has 0 bridgehead atoms. The molecular weight excluding hydrogens is 310 g/mol. The number of benzene rings is 1. The normalized spacial score (nSPS) is 16.3. The van der Waals surface area contributed by atoms with Crippen LogP contribution in [0.25, 0.3) is 0 Å². The summed E-state index contributed by atoms with van der Waals surface area (Å²) in [6.07, 6.45) is 9.28. The highest BCUT2D eigenvalue weighted by molar-refractivity contribution is 5.56. The molecule has 0 unspecified atom stereocenters. The van der Waals surface area contributed by atoms with Crippen molar-refractivity contribution < 1.29 is 0 Å². The summed E-state index contributed by atoms with van der Waals surface area (Å²) in [5.41, 5.74) is 2.48. The first-order chi connectivity index (χ1) is 12.0. The third-order valence-corrected chi connectivity index (χ3v) is 4.77. The second kappa shape index (κ2) is 7.81. The highest BCUT2D eigenvalue weighted by atomic mass is 15.3. The Kier molecular flexibility index (Phi) is 5.51. The average molecular weight is 339 g/mol. The smallest absolute Gasteiger partial charge is 0.244 e. The van der Waals surface area contributed by atoms with Crippen molar-refractivity contribution in [3.05, 3.63) is 36.0 Å². The second-order valence-electron chi connectivity index (χ2n) is 7.95. The van der Waals surface area contributed by atoms with Crippen molar-refractivity contribution in [1.82, 2.24) is 15.2 Å². The van der Waals surface area contributed by atoms with E-state index in [0.717, 1.165) is 11.5 Å². The maximum atomic E-state index is 4.57. The van der Waals surface area contributed by atoms with Crippen LogP contribution in [0.2, 0.25) is 0 Å². The Morgan fingerprint density at radius 3 is 2.28 bits per heavy atom. The summed E-state index contributed by atoms with van der Waals surface area (Å²) in [5, 5.41) is 15.0. The molecule has 1 aliphatic rings. The predicted octanol–water partition coefficient (Wildman–Crippen LogP) is 5.05. The summed E-state index contributed by atoms with van der Waals surface area (Å²) in [6.45, 7) is 6.65. The largest absolute Gasteiger partial charge is 0.350 e. The van der Waals surface area contributed by atoms with E-state index in [1.165, 1.54) is 44.1 Å². The van der Waals surface area contributed by atoms with E-state index >= 15 is 0 Å². The molecule has 0 aliphatic heterocycles. The number of anilines is 3. The van der Waals surface area contributed by atoms with Crippen molar-refractivity contribution in [2.45, 2.75) is 70.8 Å². The van der Waals surface area contributed by atoms with Crippen LogP contribution >= 0.6 is 0 Å². The Bertz CT molecular complexity index is 667. The molecule has 1 heterocycles. The summed E-state index contributed by atoms with van der Waals surface area (Å²) < 4.78 is 0. The lowest BCUT2D eigenvalue weighted by Crippen LogP contribution is -2.20. The van der Waals surface area contributed by atoms with Crippen LogP contribution in [-0.4, -0.2) is 21.2 Å². The molecule has 1 aromatic carbocycles. The van der Waals surface area contributed by atoms with E-state index < -0.39 is 0 Å². The van der Waals surface area contributed by atoms with E-state index in [-0.39, 0.29) is 5.41 Å². The molecule has 2 N–H and O–H groups in total. The van der Waals surface area contributed by atoms with Crippen molar-refractivity contribution in [2.75, 3.05) is 10.6 Å². The van der Waals surface area contributed by atoms with Gasteiger partial charge in [0, 0.05) is 11.7 Å². The van der Waals surface area contributed by atoms with Crippen LogP contribution < -0.4 is 10.6 Å². The summed E-state index contributed by atoms with van der Waals surface area (Å²) in [4.78, 5) is 4.57. The molecule has 5 nitrogen and oxygen atoms in total. The molecule has 3 rings (SSSR count).